The van der Waals surface area contributed by atoms with Gasteiger partial charge in [-0.2, -0.15) is 0 Å². The average molecular weight is 312 g/mol. The third-order valence-corrected chi connectivity index (χ3v) is 4.02. The molecular weight excluding hydrogens is 290 g/mol. The quantitative estimate of drug-likeness (QED) is 0.827. The lowest BCUT2D eigenvalue weighted by molar-refractivity contribution is 0.399. The Balaban J connectivity index is 2.07. The lowest BCUT2D eigenvalue weighted by Crippen LogP contribution is -2.33. The van der Waals surface area contributed by atoms with E-state index in [2.05, 4.69) is 34.2 Å². The maximum Gasteiger partial charge on any atom is 0.122 e. The molecule has 18 heavy (non-hydrogen) atoms. The molecule has 0 bridgehead atoms. The van der Waals surface area contributed by atoms with Gasteiger partial charge in [-0.25, -0.2) is 0 Å². The second-order valence-electron chi connectivity index (χ2n) is 5.06. The highest BCUT2D eigenvalue weighted by atomic mass is 79.9. The summed E-state index contributed by atoms with van der Waals surface area (Å²) in [7, 11) is 1.75. The molecule has 0 saturated heterocycles. The predicted octanol–water partition coefficient (Wildman–Crippen LogP) is 3.78. The summed E-state index contributed by atoms with van der Waals surface area (Å²) in [5, 5.41) is 3.68. The van der Waals surface area contributed by atoms with Crippen LogP contribution in [-0.4, -0.2) is 19.7 Å². The van der Waals surface area contributed by atoms with Crippen LogP contribution in [0.5, 0.6) is 5.75 Å². The lowest BCUT2D eigenvalue weighted by atomic mass is 10.0. The van der Waals surface area contributed by atoms with E-state index >= 15 is 0 Å². The number of ether oxygens (including phenoxy) is 1. The van der Waals surface area contributed by atoms with Crippen molar-refractivity contribution in [2.45, 2.75) is 38.6 Å². The Morgan fingerprint density at radius 3 is 2.83 bits per heavy atom. The third kappa shape index (κ3) is 3.72. The zero-order valence-corrected chi connectivity index (χ0v) is 12.8. The van der Waals surface area contributed by atoms with Gasteiger partial charge in [-0.1, -0.05) is 22.9 Å². The Morgan fingerprint density at radius 2 is 2.22 bits per heavy atom. The van der Waals surface area contributed by atoms with E-state index in [1.165, 1.54) is 24.8 Å². The summed E-state index contributed by atoms with van der Waals surface area (Å²) in [5.41, 5.74) is 1.30. The molecular formula is C15H22BrNO. The summed E-state index contributed by atoms with van der Waals surface area (Å²) in [4.78, 5) is 0. The number of hydrogen-bond acceptors (Lipinski definition) is 2. The van der Waals surface area contributed by atoms with Gasteiger partial charge in [0.1, 0.15) is 5.75 Å². The molecule has 1 aliphatic rings. The van der Waals surface area contributed by atoms with Crippen LogP contribution in [0.2, 0.25) is 0 Å². The molecule has 0 aromatic heterocycles. The van der Waals surface area contributed by atoms with Crippen molar-refractivity contribution < 1.29 is 4.74 Å². The minimum atomic E-state index is 0.605. The maximum absolute atomic E-state index is 5.46. The molecule has 1 N–H and O–H groups in total. The van der Waals surface area contributed by atoms with Crippen LogP contribution >= 0.6 is 15.9 Å². The van der Waals surface area contributed by atoms with Gasteiger partial charge < -0.3 is 10.1 Å². The number of nitrogens with one attached hydrogen (secondary N) is 1. The van der Waals surface area contributed by atoms with Crippen LogP contribution < -0.4 is 10.1 Å². The highest BCUT2D eigenvalue weighted by Crippen LogP contribution is 2.35. The standard InChI is InChI=1S/C15H22BrNO/c1-3-8-17-14(11-4-5-11)10-12-9-13(16)6-7-15(12)18-2/h6-7,9,11,14,17H,3-5,8,10H2,1-2H3. The van der Waals surface area contributed by atoms with E-state index in [0.717, 1.165) is 29.1 Å². The molecule has 0 aliphatic heterocycles. The Hall–Kier alpha value is -0.540. The van der Waals surface area contributed by atoms with Crippen LogP contribution in [0.25, 0.3) is 0 Å². The van der Waals surface area contributed by atoms with E-state index in [4.69, 9.17) is 4.74 Å². The van der Waals surface area contributed by atoms with Crippen molar-refractivity contribution in [2.24, 2.45) is 5.92 Å². The van der Waals surface area contributed by atoms with E-state index in [9.17, 15) is 0 Å². The molecule has 3 heteroatoms. The fourth-order valence-electron chi connectivity index (χ4n) is 2.38. The zero-order chi connectivity index (χ0) is 13.0. The smallest absolute Gasteiger partial charge is 0.122 e. The molecule has 0 radical (unpaired) electrons. The molecule has 0 spiro atoms. The van der Waals surface area contributed by atoms with Crippen LogP contribution in [0.3, 0.4) is 0 Å². The molecule has 2 rings (SSSR count). The highest BCUT2D eigenvalue weighted by Gasteiger charge is 2.31. The fourth-order valence-corrected chi connectivity index (χ4v) is 2.79. The minimum absolute atomic E-state index is 0.605. The van der Waals surface area contributed by atoms with Crippen LogP contribution in [0.15, 0.2) is 22.7 Å². The van der Waals surface area contributed by atoms with Crippen molar-refractivity contribution in [3.63, 3.8) is 0 Å². The van der Waals surface area contributed by atoms with Crippen molar-refractivity contribution in [2.75, 3.05) is 13.7 Å². The first kappa shape index (κ1) is 13.9. The number of benzene rings is 1. The van der Waals surface area contributed by atoms with E-state index in [-0.39, 0.29) is 0 Å². The van der Waals surface area contributed by atoms with Crippen molar-refractivity contribution in [1.82, 2.24) is 5.32 Å². The first-order valence-corrected chi connectivity index (χ1v) is 7.59. The van der Waals surface area contributed by atoms with E-state index < -0.39 is 0 Å². The van der Waals surface area contributed by atoms with E-state index in [1.54, 1.807) is 7.11 Å². The van der Waals surface area contributed by atoms with Crippen LogP contribution in [0, 0.1) is 5.92 Å². The van der Waals surface area contributed by atoms with Gasteiger partial charge in [0.2, 0.25) is 0 Å². The van der Waals surface area contributed by atoms with Gasteiger partial charge in [0.05, 0.1) is 7.11 Å². The second-order valence-corrected chi connectivity index (χ2v) is 5.97. The molecule has 1 unspecified atom stereocenters. The summed E-state index contributed by atoms with van der Waals surface area (Å²) in [6.45, 7) is 3.33. The number of methoxy groups -OCH3 is 1. The van der Waals surface area contributed by atoms with Crippen molar-refractivity contribution in [3.05, 3.63) is 28.2 Å². The first-order chi connectivity index (χ1) is 8.74. The molecule has 0 heterocycles. The third-order valence-electron chi connectivity index (χ3n) is 3.53. The predicted molar refractivity (Wildman–Crippen MR) is 79.2 cm³/mol. The minimum Gasteiger partial charge on any atom is -0.496 e. The summed E-state index contributed by atoms with van der Waals surface area (Å²) in [6, 6.07) is 6.87. The zero-order valence-electron chi connectivity index (χ0n) is 11.2. The highest BCUT2D eigenvalue weighted by molar-refractivity contribution is 9.10. The van der Waals surface area contributed by atoms with Gasteiger partial charge >= 0.3 is 0 Å². The molecule has 0 amide bonds. The van der Waals surface area contributed by atoms with Crippen LogP contribution in [-0.2, 0) is 6.42 Å². The van der Waals surface area contributed by atoms with E-state index in [0.29, 0.717) is 6.04 Å². The second kappa shape index (κ2) is 6.58. The lowest BCUT2D eigenvalue weighted by Gasteiger charge is -2.19. The van der Waals surface area contributed by atoms with Gasteiger partial charge in [0, 0.05) is 10.5 Å². The summed E-state index contributed by atoms with van der Waals surface area (Å²) < 4.78 is 6.59. The monoisotopic (exact) mass is 311 g/mol. The van der Waals surface area contributed by atoms with Crippen LogP contribution in [0.1, 0.15) is 31.7 Å². The molecule has 1 fully saturated rings. The summed E-state index contributed by atoms with van der Waals surface area (Å²) >= 11 is 3.54. The van der Waals surface area contributed by atoms with Crippen molar-refractivity contribution in [3.8, 4) is 5.75 Å². The molecule has 100 valence electrons. The fraction of sp³-hybridized carbons (Fsp3) is 0.600. The van der Waals surface area contributed by atoms with Crippen molar-refractivity contribution in [1.29, 1.82) is 0 Å². The molecule has 1 aromatic rings. The Labute approximate surface area is 118 Å². The van der Waals surface area contributed by atoms with E-state index in [1.807, 2.05) is 12.1 Å². The van der Waals surface area contributed by atoms with Gasteiger partial charge in [0.25, 0.3) is 0 Å². The number of rotatable bonds is 7. The Kier molecular flexibility index (Phi) is 5.07. The van der Waals surface area contributed by atoms with Gasteiger partial charge in [-0.05, 0) is 61.9 Å². The van der Waals surface area contributed by atoms with Crippen molar-refractivity contribution >= 4 is 15.9 Å². The topological polar surface area (TPSA) is 21.3 Å². The molecule has 2 nitrogen and oxygen atoms in total. The average Bonchev–Trinajstić information content (AvgIpc) is 3.19. The normalized spacial score (nSPS) is 16.6. The summed E-state index contributed by atoms with van der Waals surface area (Å²) in [6.07, 6.45) is 5.00. The molecule has 1 aliphatic carbocycles. The largest absolute Gasteiger partial charge is 0.496 e. The molecule has 1 aromatic carbocycles. The van der Waals surface area contributed by atoms with Gasteiger partial charge in [-0.15, -0.1) is 0 Å². The Morgan fingerprint density at radius 1 is 1.44 bits per heavy atom. The Bertz CT molecular complexity index is 390. The molecule has 1 atom stereocenters. The van der Waals surface area contributed by atoms with Gasteiger partial charge in [0.15, 0.2) is 0 Å². The SMILES string of the molecule is CCCNC(Cc1cc(Br)ccc1OC)C1CC1. The molecule has 1 saturated carbocycles. The summed E-state index contributed by atoms with van der Waals surface area (Å²) in [5.74, 6) is 1.86. The van der Waals surface area contributed by atoms with Crippen LogP contribution in [0.4, 0.5) is 0 Å². The number of halogens is 1. The van der Waals surface area contributed by atoms with Gasteiger partial charge in [-0.3, -0.25) is 0 Å². The number of hydrogen-bond donors (Lipinski definition) is 1. The first-order valence-electron chi connectivity index (χ1n) is 6.80. The maximum atomic E-state index is 5.46.